The van der Waals surface area contributed by atoms with Crippen molar-refractivity contribution < 1.29 is 23.9 Å². The molecule has 0 fully saturated rings. The number of fused-ring (bicyclic) bond motifs is 2. The zero-order valence-electron chi connectivity index (χ0n) is 17.0. The van der Waals surface area contributed by atoms with E-state index in [4.69, 9.17) is 4.74 Å². The fourth-order valence-corrected chi connectivity index (χ4v) is 3.63. The number of hydrogen-bond acceptors (Lipinski definition) is 10. The van der Waals surface area contributed by atoms with E-state index in [1.54, 1.807) is 10.9 Å². The molecule has 3 rings (SSSR count). The van der Waals surface area contributed by atoms with Gasteiger partial charge in [0.25, 0.3) is 5.91 Å². The van der Waals surface area contributed by atoms with Gasteiger partial charge in [-0.1, -0.05) is 0 Å². The van der Waals surface area contributed by atoms with Crippen LogP contribution in [0.25, 0.3) is 0 Å². The molecule has 3 atom stereocenters. The van der Waals surface area contributed by atoms with Crippen LogP contribution in [-0.2, 0) is 25.5 Å². The van der Waals surface area contributed by atoms with Crippen molar-refractivity contribution in [3.63, 3.8) is 0 Å². The highest BCUT2D eigenvalue weighted by atomic mass is 16.5. The molecule has 2 aliphatic heterocycles. The van der Waals surface area contributed by atoms with Gasteiger partial charge in [0.05, 0.1) is 44.9 Å². The molecule has 0 saturated heterocycles. The maximum atomic E-state index is 13.0. The van der Waals surface area contributed by atoms with Crippen LogP contribution >= 0.6 is 0 Å². The quantitative estimate of drug-likeness (QED) is 0.535. The van der Waals surface area contributed by atoms with Crippen LogP contribution in [0.3, 0.4) is 0 Å². The van der Waals surface area contributed by atoms with Crippen molar-refractivity contribution in [1.29, 1.82) is 0 Å². The Morgan fingerprint density at radius 1 is 1.31 bits per heavy atom. The number of ether oxygens (including phenoxy) is 2. The summed E-state index contributed by atoms with van der Waals surface area (Å²) in [5, 5.41) is 6.10. The summed E-state index contributed by atoms with van der Waals surface area (Å²) in [6, 6.07) is -0.842. The average molecular weight is 406 g/mol. The van der Waals surface area contributed by atoms with Crippen molar-refractivity contribution in [3.8, 4) is 0 Å². The van der Waals surface area contributed by atoms with E-state index in [0.29, 0.717) is 18.8 Å². The summed E-state index contributed by atoms with van der Waals surface area (Å²) < 4.78 is 11.0. The molecule has 2 aliphatic rings. The standard InChI is InChI=1S/C18H26N6O5/c1-10-12(6-5-11(7-13(25)28-3)19-8-14(26)29-4)24-17(27)15-16(21-9-20-15)23(2)18(24)22-10/h9,11,15-16,19H,5-8H2,1-4H3,(H,20,21). The predicted molar refractivity (Wildman–Crippen MR) is 104 cm³/mol. The lowest BCUT2D eigenvalue weighted by Crippen LogP contribution is -2.55. The van der Waals surface area contributed by atoms with Gasteiger partial charge in [0.2, 0.25) is 5.95 Å². The summed E-state index contributed by atoms with van der Waals surface area (Å²) >= 11 is 0. The molecule has 29 heavy (non-hydrogen) atoms. The van der Waals surface area contributed by atoms with Crippen LogP contribution < -0.4 is 15.5 Å². The van der Waals surface area contributed by atoms with Gasteiger partial charge in [-0.3, -0.25) is 23.9 Å². The number of aryl methyl sites for hydroxylation is 1. The average Bonchev–Trinajstić information content (AvgIpc) is 3.33. The Hall–Kier alpha value is -2.95. The van der Waals surface area contributed by atoms with Crippen LogP contribution in [0, 0.1) is 6.92 Å². The van der Waals surface area contributed by atoms with E-state index >= 15 is 0 Å². The van der Waals surface area contributed by atoms with Gasteiger partial charge >= 0.3 is 11.9 Å². The summed E-state index contributed by atoms with van der Waals surface area (Å²) in [4.78, 5) is 46.9. The third kappa shape index (κ3) is 4.09. The Balaban J connectivity index is 1.77. The number of esters is 2. The van der Waals surface area contributed by atoms with E-state index in [-0.39, 0.29) is 37.0 Å². The third-order valence-electron chi connectivity index (χ3n) is 5.27. The Morgan fingerprint density at radius 3 is 2.72 bits per heavy atom. The van der Waals surface area contributed by atoms with Crippen molar-refractivity contribution in [1.82, 2.24) is 20.2 Å². The Labute approximate surface area is 168 Å². The van der Waals surface area contributed by atoms with Crippen molar-refractivity contribution in [2.45, 2.75) is 44.4 Å². The first kappa shape index (κ1) is 20.8. The van der Waals surface area contributed by atoms with Gasteiger partial charge in [0.15, 0.2) is 6.04 Å². The number of nitrogens with zero attached hydrogens (tertiary/aromatic N) is 4. The fraction of sp³-hybridized carbons (Fsp3) is 0.611. The summed E-state index contributed by atoms with van der Waals surface area (Å²) in [5.74, 6) is -0.377. The molecule has 0 spiro atoms. The zero-order valence-corrected chi connectivity index (χ0v) is 17.0. The van der Waals surface area contributed by atoms with Crippen LogP contribution in [-0.4, -0.2) is 79.8 Å². The molecule has 0 saturated carbocycles. The maximum Gasteiger partial charge on any atom is 0.319 e. The molecule has 1 aromatic rings. The smallest absolute Gasteiger partial charge is 0.319 e. The minimum Gasteiger partial charge on any atom is -0.469 e. The monoisotopic (exact) mass is 406 g/mol. The van der Waals surface area contributed by atoms with E-state index in [1.807, 2.05) is 18.9 Å². The molecule has 11 heteroatoms. The first-order valence-corrected chi connectivity index (χ1v) is 9.37. The summed E-state index contributed by atoms with van der Waals surface area (Å²) in [5.41, 5.74) is 1.51. The lowest BCUT2D eigenvalue weighted by molar-refractivity contribution is -0.143. The van der Waals surface area contributed by atoms with Crippen LogP contribution in [0.2, 0.25) is 0 Å². The predicted octanol–water partition coefficient (Wildman–Crippen LogP) is -0.765. The van der Waals surface area contributed by atoms with Crippen LogP contribution in [0.4, 0.5) is 5.95 Å². The lowest BCUT2D eigenvalue weighted by atomic mass is 10.0. The molecule has 1 aromatic heterocycles. The number of carbonyl (C=O) groups excluding carboxylic acids is 3. The van der Waals surface area contributed by atoms with E-state index in [2.05, 4.69) is 25.3 Å². The molecular weight excluding hydrogens is 380 g/mol. The Morgan fingerprint density at radius 2 is 2.03 bits per heavy atom. The second-order valence-corrected chi connectivity index (χ2v) is 7.04. The van der Waals surface area contributed by atoms with Crippen LogP contribution in [0.15, 0.2) is 4.99 Å². The number of imidazole rings is 1. The molecule has 11 nitrogen and oxygen atoms in total. The number of hydrogen-bond donors (Lipinski definition) is 2. The van der Waals surface area contributed by atoms with Gasteiger partial charge < -0.3 is 25.0 Å². The molecular formula is C18H26N6O5. The van der Waals surface area contributed by atoms with E-state index in [9.17, 15) is 14.4 Å². The maximum absolute atomic E-state index is 13.0. The topological polar surface area (TPSA) is 127 Å². The van der Waals surface area contributed by atoms with E-state index < -0.39 is 12.0 Å². The van der Waals surface area contributed by atoms with Crippen LogP contribution in [0.1, 0.15) is 29.0 Å². The molecule has 0 radical (unpaired) electrons. The summed E-state index contributed by atoms with van der Waals surface area (Å²) in [7, 11) is 4.49. The van der Waals surface area contributed by atoms with Gasteiger partial charge in [-0.05, 0) is 19.8 Å². The number of aromatic nitrogens is 2. The first-order valence-electron chi connectivity index (χ1n) is 9.37. The van der Waals surface area contributed by atoms with Crippen molar-refractivity contribution in [2.75, 3.05) is 32.7 Å². The summed E-state index contributed by atoms with van der Waals surface area (Å²) in [6.07, 6.45) is 2.40. The fourth-order valence-electron chi connectivity index (χ4n) is 3.63. The Bertz CT molecular complexity index is 835. The number of carbonyl (C=O) groups is 3. The number of likely N-dealkylation sites (N-methyl/N-ethyl adjacent to an activating group) is 1. The molecule has 0 amide bonds. The molecule has 2 N–H and O–H groups in total. The molecule has 158 valence electrons. The number of aliphatic imine (C=N–C) groups is 1. The minimum atomic E-state index is -0.525. The van der Waals surface area contributed by atoms with Gasteiger partial charge in [-0.25, -0.2) is 4.98 Å². The number of rotatable bonds is 8. The van der Waals surface area contributed by atoms with E-state index in [0.717, 1.165) is 11.4 Å². The highest BCUT2D eigenvalue weighted by Crippen LogP contribution is 2.29. The third-order valence-corrected chi connectivity index (χ3v) is 5.27. The highest BCUT2D eigenvalue weighted by Gasteiger charge is 2.43. The zero-order chi connectivity index (χ0) is 21.1. The normalized spacial score (nSPS) is 20.7. The molecule has 0 aromatic carbocycles. The largest absolute Gasteiger partial charge is 0.469 e. The Kier molecular flexibility index (Phi) is 6.16. The first-order chi connectivity index (χ1) is 13.9. The molecule has 3 unspecified atom stereocenters. The summed E-state index contributed by atoms with van der Waals surface area (Å²) in [6.45, 7) is 1.83. The minimum absolute atomic E-state index is 0.0204. The van der Waals surface area contributed by atoms with Crippen molar-refractivity contribution in [2.24, 2.45) is 4.99 Å². The second-order valence-electron chi connectivity index (χ2n) is 7.04. The van der Waals surface area contributed by atoms with E-state index in [1.165, 1.54) is 14.2 Å². The van der Waals surface area contributed by atoms with Gasteiger partial charge in [-0.15, -0.1) is 0 Å². The molecule has 0 aliphatic carbocycles. The molecule has 0 bridgehead atoms. The lowest BCUT2D eigenvalue weighted by Gasteiger charge is -2.34. The van der Waals surface area contributed by atoms with Crippen molar-refractivity contribution in [3.05, 3.63) is 11.4 Å². The number of anilines is 1. The van der Waals surface area contributed by atoms with Gasteiger partial charge in [-0.2, -0.15) is 0 Å². The van der Waals surface area contributed by atoms with Gasteiger partial charge in [0.1, 0.15) is 6.17 Å². The highest BCUT2D eigenvalue weighted by molar-refractivity contribution is 5.93. The number of methoxy groups -OCH3 is 2. The number of nitrogens with one attached hydrogen (secondary N) is 2. The molecule has 3 heterocycles. The van der Waals surface area contributed by atoms with Gasteiger partial charge in [0, 0.05) is 13.1 Å². The second kappa shape index (κ2) is 8.60. The SMILES string of the molecule is COC(=O)CNC(CCc1c(C)nc2n1C(=O)C1N=CNC1N2C)CC(=O)OC. The van der Waals surface area contributed by atoms with Crippen LogP contribution in [0.5, 0.6) is 0 Å². The van der Waals surface area contributed by atoms with Crippen molar-refractivity contribution >= 4 is 30.1 Å².